The number of aryl methyl sites for hydroxylation is 2. The summed E-state index contributed by atoms with van der Waals surface area (Å²) < 4.78 is 0. The van der Waals surface area contributed by atoms with Crippen LogP contribution in [0, 0.1) is 13.8 Å². The third kappa shape index (κ3) is 2.61. The second-order valence-electron chi connectivity index (χ2n) is 5.26. The Morgan fingerprint density at radius 3 is 1.59 bits per heavy atom. The highest BCUT2D eigenvalue weighted by atomic mass is 14.8. The van der Waals surface area contributed by atoms with Crippen molar-refractivity contribution >= 4 is 11.4 Å². The molecule has 0 atom stereocenters. The first-order valence-corrected chi connectivity index (χ1v) is 6.96. The summed E-state index contributed by atoms with van der Waals surface area (Å²) in [6, 6.07) is 9.39. The smallest absolute Gasteiger partial charge is 0.0907 e. The number of nitrogen functional groups attached to an aromatic ring is 2. The van der Waals surface area contributed by atoms with E-state index in [9.17, 15) is 0 Å². The predicted molar refractivity (Wildman–Crippen MR) is 89.0 cm³/mol. The topological polar surface area (TPSA) is 90.7 Å². The lowest BCUT2D eigenvalue weighted by Gasteiger charge is -2.07. The molecule has 0 aliphatic heterocycles. The molecular formula is C17H17N5. The summed E-state index contributed by atoms with van der Waals surface area (Å²) in [6.07, 6.45) is 3.50. The largest absolute Gasteiger partial charge is 0.398 e. The van der Waals surface area contributed by atoms with Gasteiger partial charge in [-0.1, -0.05) is 6.07 Å². The van der Waals surface area contributed by atoms with Crippen LogP contribution in [0.2, 0.25) is 0 Å². The van der Waals surface area contributed by atoms with Crippen LogP contribution in [0.15, 0.2) is 42.7 Å². The molecule has 0 aliphatic rings. The van der Waals surface area contributed by atoms with Gasteiger partial charge in [0.1, 0.15) is 0 Å². The second-order valence-corrected chi connectivity index (χ2v) is 5.26. The third-order valence-corrected chi connectivity index (χ3v) is 3.56. The van der Waals surface area contributed by atoms with Gasteiger partial charge in [0.05, 0.1) is 22.8 Å². The van der Waals surface area contributed by atoms with Crippen molar-refractivity contribution in [1.29, 1.82) is 0 Å². The summed E-state index contributed by atoms with van der Waals surface area (Å²) in [6.45, 7) is 3.85. The molecule has 0 aromatic carbocycles. The van der Waals surface area contributed by atoms with Gasteiger partial charge in [-0.3, -0.25) is 9.97 Å². The minimum Gasteiger partial charge on any atom is -0.398 e. The molecule has 4 N–H and O–H groups in total. The molecule has 0 saturated heterocycles. The SMILES string of the molecule is Cc1cnc(-c2cccc(-c3cc(N)c(C)cn3)n2)cc1N. The van der Waals surface area contributed by atoms with E-state index in [4.69, 9.17) is 11.5 Å². The molecule has 0 spiro atoms. The fourth-order valence-corrected chi connectivity index (χ4v) is 2.08. The Morgan fingerprint density at radius 1 is 0.727 bits per heavy atom. The van der Waals surface area contributed by atoms with Crippen LogP contribution in [0.25, 0.3) is 22.8 Å². The lowest BCUT2D eigenvalue weighted by atomic mass is 10.1. The van der Waals surface area contributed by atoms with Gasteiger partial charge in [-0.15, -0.1) is 0 Å². The van der Waals surface area contributed by atoms with Crippen LogP contribution >= 0.6 is 0 Å². The molecule has 3 rings (SSSR count). The average molecular weight is 291 g/mol. The van der Waals surface area contributed by atoms with Crippen molar-refractivity contribution in [2.75, 3.05) is 11.5 Å². The monoisotopic (exact) mass is 291 g/mol. The van der Waals surface area contributed by atoms with Gasteiger partial charge in [-0.05, 0) is 49.2 Å². The van der Waals surface area contributed by atoms with Crippen molar-refractivity contribution < 1.29 is 0 Å². The molecule has 0 bridgehead atoms. The number of pyridine rings is 3. The molecule has 3 aromatic rings. The van der Waals surface area contributed by atoms with Gasteiger partial charge in [0, 0.05) is 23.8 Å². The third-order valence-electron chi connectivity index (χ3n) is 3.56. The number of nitrogens with two attached hydrogens (primary N) is 2. The molecule has 3 heterocycles. The molecular weight excluding hydrogens is 274 g/mol. The first kappa shape index (κ1) is 14.0. The van der Waals surface area contributed by atoms with Crippen molar-refractivity contribution in [3.8, 4) is 22.8 Å². The Hall–Kier alpha value is -2.95. The number of nitrogens with zero attached hydrogens (tertiary/aromatic N) is 3. The van der Waals surface area contributed by atoms with Crippen molar-refractivity contribution in [2.24, 2.45) is 0 Å². The molecule has 5 heteroatoms. The first-order chi connectivity index (χ1) is 10.5. The van der Waals surface area contributed by atoms with E-state index in [2.05, 4.69) is 15.0 Å². The van der Waals surface area contributed by atoms with Crippen LogP contribution in [-0.4, -0.2) is 15.0 Å². The lowest BCUT2D eigenvalue weighted by molar-refractivity contribution is 1.20. The van der Waals surface area contributed by atoms with Crippen LogP contribution in [0.3, 0.4) is 0 Å². The van der Waals surface area contributed by atoms with Crippen LogP contribution in [0.4, 0.5) is 11.4 Å². The molecule has 0 aliphatic carbocycles. The fourth-order valence-electron chi connectivity index (χ4n) is 2.08. The van der Waals surface area contributed by atoms with E-state index >= 15 is 0 Å². The summed E-state index contributed by atoms with van der Waals surface area (Å²) in [5, 5.41) is 0. The van der Waals surface area contributed by atoms with Crippen LogP contribution in [-0.2, 0) is 0 Å². The molecule has 0 amide bonds. The molecule has 0 saturated carbocycles. The zero-order valence-corrected chi connectivity index (χ0v) is 12.5. The van der Waals surface area contributed by atoms with Gasteiger partial charge < -0.3 is 11.5 Å². The van der Waals surface area contributed by atoms with Gasteiger partial charge in [0.25, 0.3) is 0 Å². The van der Waals surface area contributed by atoms with Crippen molar-refractivity contribution in [2.45, 2.75) is 13.8 Å². The van der Waals surface area contributed by atoms with Crippen LogP contribution in [0.1, 0.15) is 11.1 Å². The number of rotatable bonds is 2. The molecule has 5 nitrogen and oxygen atoms in total. The van der Waals surface area contributed by atoms with E-state index in [0.717, 1.165) is 33.9 Å². The Balaban J connectivity index is 2.05. The maximum atomic E-state index is 5.95. The predicted octanol–water partition coefficient (Wildman–Crippen LogP) is 2.99. The molecule has 0 radical (unpaired) electrons. The summed E-state index contributed by atoms with van der Waals surface area (Å²) >= 11 is 0. The highest BCUT2D eigenvalue weighted by Crippen LogP contribution is 2.24. The summed E-state index contributed by atoms with van der Waals surface area (Å²) in [4.78, 5) is 13.4. The normalized spacial score (nSPS) is 10.6. The number of hydrogen-bond donors (Lipinski definition) is 2. The van der Waals surface area contributed by atoms with E-state index in [1.54, 1.807) is 12.4 Å². The molecule has 3 aromatic heterocycles. The van der Waals surface area contributed by atoms with Crippen LogP contribution < -0.4 is 11.5 Å². The Bertz CT molecular complexity index is 775. The average Bonchev–Trinajstić information content (AvgIpc) is 2.53. The van der Waals surface area contributed by atoms with Gasteiger partial charge in [-0.2, -0.15) is 0 Å². The highest BCUT2D eigenvalue weighted by molar-refractivity contribution is 5.67. The van der Waals surface area contributed by atoms with E-state index in [-0.39, 0.29) is 0 Å². The summed E-state index contributed by atoms with van der Waals surface area (Å²) in [5.74, 6) is 0. The standard InChI is InChI=1S/C17H17N5/c1-10-8-20-16(6-12(10)18)14-4-3-5-15(22-14)17-7-13(19)11(2)9-21-17/h3-9H,1-2H3,(H2,18,20)(H2,19,21). The maximum absolute atomic E-state index is 5.95. The van der Waals surface area contributed by atoms with Gasteiger partial charge in [0.2, 0.25) is 0 Å². The second kappa shape index (κ2) is 5.44. The summed E-state index contributed by atoms with van der Waals surface area (Å²) in [7, 11) is 0. The van der Waals surface area contributed by atoms with Crippen LogP contribution in [0.5, 0.6) is 0 Å². The van der Waals surface area contributed by atoms with Gasteiger partial charge in [-0.25, -0.2) is 4.98 Å². The van der Waals surface area contributed by atoms with Gasteiger partial charge >= 0.3 is 0 Å². The van der Waals surface area contributed by atoms with E-state index in [1.165, 1.54) is 0 Å². The molecule has 22 heavy (non-hydrogen) atoms. The molecule has 0 fully saturated rings. The van der Waals surface area contributed by atoms with Crippen molar-refractivity contribution in [3.05, 3.63) is 53.9 Å². The highest BCUT2D eigenvalue weighted by Gasteiger charge is 2.08. The quantitative estimate of drug-likeness (QED) is 0.757. The Morgan fingerprint density at radius 2 is 1.18 bits per heavy atom. The van der Waals surface area contributed by atoms with Crippen molar-refractivity contribution in [1.82, 2.24) is 15.0 Å². The minimum atomic E-state index is 0.704. The van der Waals surface area contributed by atoms with Gasteiger partial charge in [0.15, 0.2) is 0 Å². The van der Waals surface area contributed by atoms with E-state index in [1.807, 2.05) is 44.2 Å². The van der Waals surface area contributed by atoms with E-state index < -0.39 is 0 Å². The number of aromatic nitrogens is 3. The number of anilines is 2. The maximum Gasteiger partial charge on any atom is 0.0907 e. The molecule has 0 unspecified atom stereocenters. The zero-order valence-electron chi connectivity index (χ0n) is 12.5. The van der Waals surface area contributed by atoms with Crippen molar-refractivity contribution in [3.63, 3.8) is 0 Å². The first-order valence-electron chi connectivity index (χ1n) is 6.96. The minimum absolute atomic E-state index is 0.704. The van der Waals surface area contributed by atoms with E-state index in [0.29, 0.717) is 11.4 Å². The Labute approximate surface area is 129 Å². The lowest BCUT2D eigenvalue weighted by Crippen LogP contribution is -1.97. The Kier molecular flexibility index (Phi) is 3.47. The number of hydrogen-bond acceptors (Lipinski definition) is 5. The zero-order chi connectivity index (χ0) is 15.7. The summed E-state index contributed by atoms with van der Waals surface area (Å²) in [5.41, 5.74) is 18.2. The molecule has 110 valence electrons. The fraction of sp³-hybridized carbons (Fsp3) is 0.118.